The van der Waals surface area contributed by atoms with Crippen LogP contribution in [-0.4, -0.2) is 29.0 Å². The lowest BCUT2D eigenvalue weighted by Gasteiger charge is -2.19. The Morgan fingerprint density at radius 1 is 1.12 bits per heavy atom. The molecule has 25 heavy (non-hydrogen) atoms. The summed E-state index contributed by atoms with van der Waals surface area (Å²) in [6, 6.07) is 9.65. The minimum atomic E-state index is -0.0817. The first-order valence-electron chi connectivity index (χ1n) is 8.89. The van der Waals surface area contributed by atoms with Crippen molar-refractivity contribution in [3.05, 3.63) is 53.3 Å². The van der Waals surface area contributed by atoms with Crippen LogP contribution in [0.3, 0.4) is 0 Å². The Balaban J connectivity index is 1.61. The molecule has 0 bridgehead atoms. The summed E-state index contributed by atoms with van der Waals surface area (Å²) in [5.74, 6) is 0.681. The number of amides is 1. The molecule has 1 aliphatic heterocycles. The zero-order valence-electron chi connectivity index (χ0n) is 15.2. The van der Waals surface area contributed by atoms with E-state index in [0.29, 0.717) is 12.1 Å². The van der Waals surface area contributed by atoms with E-state index < -0.39 is 0 Å². The number of anilines is 1. The van der Waals surface area contributed by atoms with E-state index in [4.69, 9.17) is 0 Å². The summed E-state index contributed by atoms with van der Waals surface area (Å²) < 4.78 is 0. The zero-order chi connectivity index (χ0) is 17.9. The fourth-order valence-electron chi connectivity index (χ4n) is 2.95. The van der Waals surface area contributed by atoms with Crippen molar-refractivity contribution in [3.8, 4) is 0 Å². The summed E-state index contributed by atoms with van der Waals surface area (Å²) in [5, 5.41) is 2.94. The summed E-state index contributed by atoms with van der Waals surface area (Å²) in [7, 11) is 0. The Kier molecular flexibility index (Phi) is 5.02. The molecule has 3 rings (SSSR count). The van der Waals surface area contributed by atoms with Gasteiger partial charge in [0.05, 0.1) is 12.2 Å². The Morgan fingerprint density at radius 2 is 1.80 bits per heavy atom. The summed E-state index contributed by atoms with van der Waals surface area (Å²) >= 11 is 0. The number of nitrogens with zero attached hydrogens (tertiary/aromatic N) is 3. The highest BCUT2D eigenvalue weighted by molar-refractivity contribution is 5.94. The predicted octanol–water partition coefficient (Wildman–Crippen LogP) is 3.30. The van der Waals surface area contributed by atoms with Crippen molar-refractivity contribution in [1.29, 1.82) is 0 Å². The normalized spacial score (nSPS) is 14.6. The molecule has 1 aromatic carbocycles. The first-order chi connectivity index (χ1) is 11.9. The Bertz CT molecular complexity index is 728. The van der Waals surface area contributed by atoms with Crippen LogP contribution in [0.15, 0.2) is 36.5 Å². The fourth-order valence-corrected chi connectivity index (χ4v) is 2.95. The Morgan fingerprint density at radius 3 is 2.44 bits per heavy atom. The lowest BCUT2D eigenvalue weighted by molar-refractivity contribution is 0.0950. The van der Waals surface area contributed by atoms with Gasteiger partial charge in [-0.05, 0) is 42.0 Å². The second-order valence-corrected chi connectivity index (χ2v) is 7.55. The number of carbonyl (C=O) groups is 1. The monoisotopic (exact) mass is 338 g/mol. The Labute approximate surface area is 149 Å². The molecule has 1 aromatic heterocycles. The Hall–Kier alpha value is -2.43. The van der Waals surface area contributed by atoms with Crippen molar-refractivity contribution in [2.75, 3.05) is 18.0 Å². The van der Waals surface area contributed by atoms with Crippen molar-refractivity contribution in [2.45, 2.75) is 45.6 Å². The predicted molar refractivity (Wildman–Crippen MR) is 99.8 cm³/mol. The van der Waals surface area contributed by atoms with Gasteiger partial charge in [-0.3, -0.25) is 4.79 Å². The number of nitrogens with one attached hydrogen (secondary N) is 1. The fraction of sp³-hybridized carbons (Fsp3) is 0.450. The third kappa shape index (κ3) is 4.35. The van der Waals surface area contributed by atoms with Gasteiger partial charge >= 0.3 is 0 Å². The van der Waals surface area contributed by atoms with Gasteiger partial charge in [-0.15, -0.1) is 0 Å². The molecule has 0 atom stereocenters. The zero-order valence-corrected chi connectivity index (χ0v) is 15.2. The van der Waals surface area contributed by atoms with Gasteiger partial charge in [0, 0.05) is 24.8 Å². The van der Waals surface area contributed by atoms with Crippen LogP contribution in [0.5, 0.6) is 0 Å². The molecule has 0 aliphatic carbocycles. The minimum Gasteiger partial charge on any atom is -0.346 e. The summed E-state index contributed by atoms with van der Waals surface area (Å²) in [4.78, 5) is 23.5. The molecular weight excluding hydrogens is 312 g/mol. The molecule has 5 nitrogen and oxygen atoms in total. The highest BCUT2D eigenvalue weighted by Gasteiger charge is 2.16. The summed E-state index contributed by atoms with van der Waals surface area (Å²) in [5.41, 5.74) is 2.80. The molecule has 1 N–H and O–H groups in total. The highest BCUT2D eigenvalue weighted by Crippen LogP contribution is 2.22. The van der Waals surface area contributed by atoms with Gasteiger partial charge in [-0.25, -0.2) is 9.97 Å². The molecule has 0 saturated carbocycles. The van der Waals surface area contributed by atoms with Crippen LogP contribution in [0, 0.1) is 0 Å². The molecule has 1 amide bonds. The molecule has 1 saturated heterocycles. The number of carbonyl (C=O) groups excluding carboxylic acids is 1. The topological polar surface area (TPSA) is 58.1 Å². The van der Waals surface area contributed by atoms with Gasteiger partial charge in [0.1, 0.15) is 0 Å². The second kappa shape index (κ2) is 7.21. The van der Waals surface area contributed by atoms with Crippen molar-refractivity contribution in [2.24, 2.45) is 0 Å². The average Bonchev–Trinajstić information content (AvgIpc) is 3.14. The number of hydrogen-bond acceptors (Lipinski definition) is 4. The largest absolute Gasteiger partial charge is 0.346 e. The SMILES string of the molecule is CC(C)(C)c1ccc(C(=O)NCc2ccnc(N3CCCC3)n2)cc1. The van der Waals surface area contributed by atoms with Crippen molar-refractivity contribution in [1.82, 2.24) is 15.3 Å². The average molecular weight is 338 g/mol. The van der Waals surface area contributed by atoms with Crippen molar-refractivity contribution >= 4 is 11.9 Å². The van der Waals surface area contributed by atoms with E-state index in [1.165, 1.54) is 18.4 Å². The third-order valence-corrected chi connectivity index (χ3v) is 4.53. The molecule has 2 heterocycles. The van der Waals surface area contributed by atoms with Crippen LogP contribution in [0.2, 0.25) is 0 Å². The van der Waals surface area contributed by atoms with Gasteiger partial charge in [-0.1, -0.05) is 32.9 Å². The molecule has 5 heteroatoms. The van der Waals surface area contributed by atoms with E-state index in [-0.39, 0.29) is 11.3 Å². The standard InChI is InChI=1S/C20H26N4O/c1-20(2,3)16-8-6-15(7-9-16)18(25)22-14-17-10-11-21-19(23-17)24-12-4-5-13-24/h6-11H,4-5,12-14H2,1-3H3,(H,22,25). The van der Waals surface area contributed by atoms with E-state index in [2.05, 4.69) is 41.0 Å². The number of aromatic nitrogens is 2. The lowest BCUT2D eigenvalue weighted by Crippen LogP contribution is -2.25. The van der Waals surface area contributed by atoms with Crippen LogP contribution in [0.25, 0.3) is 0 Å². The first kappa shape index (κ1) is 17.4. The van der Waals surface area contributed by atoms with Crippen molar-refractivity contribution in [3.63, 3.8) is 0 Å². The van der Waals surface area contributed by atoms with E-state index in [1.54, 1.807) is 6.20 Å². The number of rotatable bonds is 4. The minimum absolute atomic E-state index is 0.0817. The molecule has 0 radical (unpaired) electrons. The maximum Gasteiger partial charge on any atom is 0.251 e. The van der Waals surface area contributed by atoms with Gasteiger partial charge in [-0.2, -0.15) is 0 Å². The third-order valence-electron chi connectivity index (χ3n) is 4.53. The van der Waals surface area contributed by atoms with Gasteiger partial charge < -0.3 is 10.2 Å². The van der Waals surface area contributed by atoms with Crippen LogP contribution >= 0.6 is 0 Å². The van der Waals surface area contributed by atoms with E-state index >= 15 is 0 Å². The molecular formula is C20H26N4O. The van der Waals surface area contributed by atoms with Crippen LogP contribution in [-0.2, 0) is 12.0 Å². The van der Waals surface area contributed by atoms with Gasteiger partial charge in [0.15, 0.2) is 0 Å². The van der Waals surface area contributed by atoms with E-state index in [1.807, 2.05) is 30.3 Å². The molecule has 0 spiro atoms. The maximum absolute atomic E-state index is 12.4. The van der Waals surface area contributed by atoms with Gasteiger partial charge in [0.2, 0.25) is 5.95 Å². The molecule has 1 fully saturated rings. The lowest BCUT2D eigenvalue weighted by atomic mass is 9.87. The van der Waals surface area contributed by atoms with E-state index in [9.17, 15) is 4.79 Å². The van der Waals surface area contributed by atoms with Crippen LogP contribution in [0.4, 0.5) is 5.95 Å². The molecule has 1 aliphatic rings. The van der Waals surface area contributed by atoms with Crippen LogP contribution < -0.4 is 10.2 Å². The maximum atomic E-state index is 12.4. The van der Waals surface area contributed by atoms with Gasteiger partial charge in [0.25, 0.3) is 5.91 Å². The van der Waals surface area contributed by atoms with E-state index in [0.717, 1.165) is 24.7 Å². The summed E-state index contributed by atoms with van der Waals surface area (Å²) in [6.07, 6.45) is 4.14. The number of hydrogen-bond donors (Lipinski definition) is 1. The summed E-state index contributed by atoms with van der Waals surface area (Å²) in [6.45, 7) is 8.91. The molecule has 132 valence electrons. The number of benzene rings is 1. The van der Waals surface area contributed by atoms with Crippen LogP contribution in [0.1, 0.15) is 55.2 Å². The molecule has 0 unspecified atom stereocenters. The smallest absolute Gasteiger partial charge is 0.251 e. The van der Waals surface area contributed by atoms with Crippen molar-refractivity contribution < 1.29 is 4.79 Å². The quantitative estimate of drug-likeness (QED) is 0.929. The second-order valence-electron chi connectivity index (χ2n) is 7.55. The first-order valence-corrected chi connectivity index (χ1v) is 8.89. The highest BCUT2D eigenvalue weighted by atomic mass is 16.1. The molecule has 2 aromatic rings.